The van der Waals surface area contributed by atoms with Crippen LogP contribution in [0.25, 0.3) is 27.8 Å². The van der Waals surface area contributed by atoms with Crippen LogP contribution in [0.5, 0.6) is 0 Å². The zero-order chi connectivity index (χ0) is 38.7. The summed E-state index contributed by atoms with van der Waals surface area (Å²) in [6, 6.07) is 52.9. The fourth-order valence-corrected chi connectivity index (χ4v) is 8.40. The average Bonchev–Trinajstić information content (AvgIpc) is 3.99. The van der Waals surface area contributed by atoms with Gasteiger partial charge in [-0.1, -0.05) is 161 Å². The van der Waals surface area contributed by atoms with Gasteiger partial charge in [-0.05, 0) is 125 Å². The van der Waals surface area contributed by atoms with Crippen molar-refractivity contribution in [1.82, 2.24) is 0 Å². The van der Waals surface area contributed by atoms with Gasteiger partial charge in [-0.15, -0.1) is 11.3 Å². The van der Waals surface area contributed by atoms with Crippen molar-refractivity contribution in [3.8, 4) is 22.3 Å². The summed E-state index contributed by atoms with van der Waals surface area (Å²) in [5.41, 5.74) is 15.1. The summed E-state index contributed by atoms with van der Waals surface area (Å²) in [7, 11) is 0. The van der Waals surface area contributed by atoms with E-state index in [9.17, 15) is 0 Å². The van der Waals surface area contributed by atoms with Crippen molar-refractivity contribution in [2.45, 2.75) is 59.4 Å². The van der Waals surface area contributed by atoms with Gasteiger partial charge in [0.15, 0.2) is 0 Å². The molecule has 0 bridgehead atoms. The van der Waals surface area contributed by atoms with Gasteiger partial charge in [0.25, 0.3) is 0 Å². The molecule has 3 heteroatoms. The third-order valence-electron chi connectivity index (χ3n) is 10.4. The van der Waals surface area contributed by atoms with Crippen LogP contribution in [0, 0.1) is 0 Å². The maximum absolute atomic E-state index is 2.50. The topological polar surface area (TPSA) is 6.48 Å². The molecule has 0 spiro atoms. The van der Waals surface area contributed by atoms with Crippen molar-refractivity contribution in [3.05, 3.63) is 210 Å². The van der Waals surface area contributed by atoms with E-state index in [0.717, 1.165) is 25.7 Å². The summed E-state index contributed by atoms with van der Waals surface area (Å²) in [6.07, 6.45) is 18.2. The summed E-state index contributed by atoms with van der Waals surface area (Å²) < 4.78 is 0. The molecule has 56 heavy (non-hydrogen) atoms. The van der Waals surface area contributed by atoms with Crippen LogP contribution in [0.4, 0.5) is 22.1 Å². The third kappa shape index (κ3) is 8.80. The first-order valence-electron chi connectivity index (χ1n) is 20.1. The van der Waals surface area contributed by atoms with E-state index >= 15 is 0 Å². The first-order valence-corrected chi connectivity index (χ1v) is 21.0. The zero-order valence-corrected chi connectivity index (χ0v) is 33.9. The lowest BCUT2D eigenvalue weighted by Crippen LogP contribution is -2.29. The van der Waals surface area contributed by atoms with Gasteiger partial charge in [0.2, 0.25) is 0 Å². The Hall–Kier alpha value is -5.90. The predicted molar refractivity (Wildman–Crippen MR) is 245 cm³/mol. The molecule has 2 aliphatic carbocycles. The van der Waals surface area contributed by atoms with Gasteiger partial charge in [0.05, 0.1) is 11.0 Å². The Morgan fingerprint density at radius 3 is 1.88 bits per heavy atom. The molecule has 1 atom stereocenters. The fourth-order valence-electron chi connectivity index (χ4n) is 7.60. The van der Waals surface area contributed by atoms with Crippen LogP contribution in [-0.4, -0.2) is 6.04 Å². The van der Waals surface area contributed by atoms with Crippen molar-refractivity contribution < 1.29 is 0 Å². The molecule has 280 valence electrons. The van der Waals surface area contributed by atoms with E-state index in [1.165, 1.54) is 72.3 Å². The molecule has 1 unspecified atom stereocenters. The monoisotopic (exact) mass is 748 g/mol. The minimum Gasteiger partial charge on any atom is -0.326 e. The zero-order valence-electron chi connectivity index (χ0n) is 33.1. The molecule has 0 amide bonds. The Kier molecular flexibility index (Phi) is 12.8. The van der Waals surface area contributed by atoms with Crippen LogP contribution in [0.1, 0.15) is 58.9 Å². The highest BCUT2D eigenvalue weighted by Crippen LogP contribution is 2.40. The van der Waals surface area contributed by atoms with Crippen LogP contribution >= 0.6 is 11.3 Å². The molecular weight excluding hydrogens is 697 g/mol. The predicted octanol–water partition coefficient (Wildman–Crippen LogP) is 15.8. The summed E-state index contributed by atoms with van der Waals surface area (Å²) in [4.78, 5) is 4.89. The first kappa shape index (κ1) is 38.4. The molecule has 0 N–H and O–H groups in total. The number of allylic oxidation sites excluding steroid dienone is 8. The number of benzene rings is 5. The van der Waals surface area contributed by atoms with Crippen LogP contribution in [0.2, 0.25) is 0 Å². The number of nitrogens with zero attached hydrogens (tertiary/aromatic N) is 2. The second kappa shape index (κ2) is 18.6. The molecule has 0 saturated carbocycles. The maximum atomic E-state index is 2.50. The third-order valence-corrected chi connectivity index (χ3v) is 11.3. The van der Waals surface area contributed by atoms with E-state index in [4.69, 9.17) is 0 Å². The number of anilines is 4. The number of thiophene rings is 1. The van der Waals surface area contributed by atoms with Gasteiger partial charge in [-0.2, -0.15) is 0 Å². The molecule has 6 aromatic rings. The minimum absolute atomic E-state index is 0.242. The molecule has 1 heterocycles. The fraction of sp³-hybridized carbons (Fsp3) is 0.170. The number of unbranched alkanes of at least 4 members (excludes halogenated alkanes) is 1. The van der Waals surface area contributed by atoms with E-state index in [1.807, 2.05) is 13.8 Å². The lowest BCUT2D eigenvalue weighted by molar-refractivity contribution is 0.785. The smallest absolute Gasteiger partial charge is 0.0958 e. The van der Waals surface area contributed by atoms with Crippen molar-refractivity contribution in [2.24, 2.45) is 0 Å². The summed E-state index contributed by atoms with van der Waals surface area (Å²) in [5.74, 6) is 0. The van der Waals surface area contributed by atoms with Gasteiger partial charge in [-0.25, -0.2) is 0 Å². The molecule has 0 aliphatic heterocycles. The molecule has 2 nitrogen and oxygen atoms in total. The molecule has 1 aromatic heterocycles. The number of hydrogen-bond acceptors (Lipinski definition) is 3. The van der Waals surface area contributed by atoms with Gasteiger partial charge >= 0.3 is 0 Å². The standard InChI is InChI=1S/C51H46N2S.C2H6/c1-3-4-14-38(2)52(49-21-11-19-43(36-49)39-15-7-5-8-16-39)47-30-26-41(27-31-47)45-24-25-46(35-45)42-28-32-48(33-29-42)53(51-23-13-34-54-51)50-22-12-20-44(37-50)40-17-9-6-10-18-40;1-2/h5-32,34,36-37,48H,3-4,33,35H2,1-2H3;1-2H3/b38-14+;. The molecule has 0 saturated heterocycles. The van der Waals surface area contributed by atoms with Crippen LogP contribution in [0.15, 0.2) is 204 Å². The Bertz CT molecular complexity index is 2340. The van der Waals surface area contributed by atoms with E-state index in [0.29, 0.717) is 0 Å². The Balaban J connectivity index is 0.00000237. The summed E-state index contributed by atoms with van der Waals surface area (Å²) >= 11 is 1.80. The maximum Gasteiger partial charge on any atom is 0.0958 e. The van der Waals surface area contributed by atoms with Crippen LogP contribution < -0.4 is 9.80 Å². The average molecular weight is 749 g/mol. The molecule has 0 radical (unpaired) electrons. The van der Waals surface area contributed by atoms with Crippen molar-refractivity contribution >= 4 is 39.0 Å². The highest BCUT2D eigenvalue weighted by molar-refractivity contribution is 7.14. The highest BCUT2D eigenvalue weighted by atomic mass is 32.1. The van der Waals surface area contributed by atoms with E-state index in [2.05, 4.69) is 211 Å². The molecule has 0 fully saturated rings. The second-order valence-corrected chi connectivity index (χ2v) is 15.0. The second-order valence-electron chi connectivity index (χ2n) is 14.1. The largest absolute Gasteiger partial charge is 0.326 e. The van der Waals surface area contributed by atoms with E-state index < -0.39 is 0 Å². The quantitative estimate of drug-likeness (QED) is 0.123. The summed E-state index contributed by atoms with van der Waals surface area (Å²) in [5, 5.41) is 3.43. The Morgan fingerprint density at radius 2 is 1.27 bits per heavy atom. The number of hydrogen-bond donors (Lipinski definition) is 0. The van der Waals surface area contributed by atoms with Gasteiger partial charge in [0.1, 0.15) is 0 Å². The number of rotatable bonds is 12. The van der Waals surface area contributed by atoms with Crippen LogP contribution in [0.3, 0.4) is 0 Å². The Labute approximate surface area is 338 Å². The molecule has 8 rings (SSSR count). The van der Waals surface area contributed by atoms with Crippen molar-refractivity contribution in [3.63, 3.8) is 0 Å². The van der Waals surface area contributed by atoms with Crippen molar-refractivity contribution in [2.75, 3.05) is 9.80 Å². The van der Waals surface area contributed by atoms with Crippen LogP contribution in [-0.2, 0) is 0 Å². The Morgan fingerprint density at radius 1 is 0.643 bits per heavy atom. The summed E-state index contributed by atoms with van der Waals surface area (Å²) in [6.45, 7) is 8.46. The van der Waals surface area contributed by atoms with Crippen molar-refractivity contribution in [1.29, 1.82) is 0 Å². The normalized spacial score (nSPS) is 15.0. The van der Waals surface area contributed by atoms with E-state index in [1.54, 1.807) is 11.3 Å². The van der Waals surface area contributed by atoms with Gasteiger partial charge < -0.3 is 9.80 Å². The molecular formula is C53H52N2S. The van der Waals surface area contributed by atoms with Gasteiger partial charge in [0, 0.05) is 22.8 Å². The molecule has 5 aromatic carbocycles. The van der Waals surface area contributed by atoms with E-state index in [-0.39, 0.29) is 6.04 Å². The van der Waals surface area contributed by atoms with Gasteiger partial charge in [-0.3, -0.25) is 0 Å². The SMILES string of the molecule is CC.CCC/C=C(\C)N(c1ccc(C2=CC=C(C3=CCC(N(c4cccc(-c5ccccc5)c4)c4cccs4)C=C3)C2)cc1)c1cccc(-c2ccccc2)c1. The first-order chi connectivity index (χ1) is 27.6. The molecule has 2 aliphatic rings. The lowest BCUT2D eigenvalue weighted by Gasteiger charge is -2.32. The lowest BCUT2D eigenvalue weighted by atomic mass is 9.93. The highest BCUT2D eigenvalue weighted by Gasteiger charge is 2.23. The minimum atomic E-state index is 0.242.